The maximum atomic E-state index is 14.3. The van der Waals surface area contributed by atoms with Crippen molar-refractivity contribution < 1.29 is 18.7 Å². The minimum absolute atomic E-state index is 0.218. The molecule has 3 aromatic rings. The van der Waals surface area contributed by atoms with Crippen molar-refractivity contribution in [3.8, 4) is 11.3 Å². The zero-order chi connectivity index (χ0) is 31.6. The van der Waals surface area contributed by atoms with Crippen LogP contribution in [0.1, 0.15) is 93.1 Å². The third-order valence-corrected chi connectivity index (χ3v) is 13.4. The number of aromatic amines is 1. The lowest BCUT2D eigenvalue weighted by molar-refractivity contribution is -0.145. The molecule has 2 heterocycles. The summed E-state index contributed by atoms with van der Waals surface area (Å²) in [5.41, 5.74) is 5.98. The average molecular weight is 626 g/mol. The van der Waals surface area contributed by atoms with Crippen LogP contribution < -0.4 is 10.6 Å². The van der Waals surface area contributed by atoms with Gasteiger partial charge in [-0.1, -0.05) is 38.1 Å². The van der Waals surface area contributed by atoms with Gasteiger partial charge >= 0.3 is 0 Å². The normalized spacial score (nSPS) is 33.7. The summed E-state index contributed by atoms with van der Waals surface area (Å²) >= 11 is 0. The molecule has 0 bridgehead atoms. The van der Waals surface area contributed by atoms with E-state index in [0.717, 1.165) is 78.9 Å². The number of halogens is 1. The first-order chi connectivity index (χ1) is 22.2. The van der Waals surface area contributed by atoms with Crippen molar-refractivity contribution >= 4 is 22.6 Å². The van der Waals surface area contributed by atoms with Gasteiger partial charge in [0.25, 0.3) is 5.91 Å². The molecule has 0 radical (unpaired) electrons. The van der Waals surface area contributed by atoms with Gasteiger partial charge in [-0.25, -0.2) is 4.39 Å². The number of H-pyrrole nitrogens is 1. The van der Waals surface area contributed by atoms with Crippen molar-refractivity contribution in [2.45, 2.75) is 90.7 Å². The number of amides is 1. The van der Waals surface area contributed by atoms with Gasteiger partial charge in [-0.3, -0.25) is 9.59 Å². The molecule has 1 amide bonds. The van der Waals surface area contributed by atoms with Crippen LogP contribution in [0.4, 0.5) is 4.39 Å². The van der Waals surface area contributed by atoms with E-state index < -0.39 is 5.82 Å². The Morgan fingerprint density at radius 2 is 1.78 bits per heavy atom. The lowest BCUT2D eigenvalue weighted by Gasteiger charge is -2.60. The molecule has 46 heavy (non-hydrogen) atoms. The second-order valence-corrected chi connectivity index (χ2v) is 15.6. The average Bonchev–Trinajstić information content (AvgIpc) is 3.52. The van der Waals surface area contributed by atoms with Gasteiger partial charge in [-0.2, -0.15) is 0 Å². The van der Waals surface area contributed by atoms with E-state index in [1.54, 1.807) is 0 Å². The van der Waals surface area contributed by atoms with E-state index in [0.29, 0.717) is 47.3 Å². The smallest absolute Gasteiger partial charge is 0.252 e. The lowest BCUT2D eigenvalue weighted by atomic mass is 9.45. The fourth-order valence-corrected chi connectivity index (χ4v) is 11.0. The first-order valence-electron chi connectivity index (χ1n) is 17.8. The number of fused-ring (bicyclic) bond motifs is 5. The highest BCUT2D eigenvalue weighted by Gasteiger charge is 2.60. The Kier molecular flexibility index (Phi) is 7.64. The van der Waals surface area contributed by atoms with E-state index in [4.69, 9.17) is 4.74 Å². The summed E-state index contributed by atoms with van der Waals surface area (Å²) in [6.07, 6.45) is 11.4. The van der Waals surface area contributed by atoms with Crippen LogP contribution in [-0.2, 0) is 22.5 Å². The Morgan fingerprint density at radius 1 is 0.957 bits per heavy atom. The van der Waals surface area contributed by atoms with Gasteiger partial charge in [-0.05, 0) is 115 Å². The first-order valence-corrected chi connectivity index (χ1v) is 17.8. The van der Waals surface area contributed by atoms with E-state index >= 15 is 0 Å². The van der Waals surface area contributed by atoms with Crippen LogP contribution >= 0.6 is 0 Å². The van der Waals surface area contributed by atoms with Gasteiger partial charge in [0, 0.05) is 49.1 Å². The van der Waals surface area contributed by atoms with E-state index in [-0.39, 0.29) is 11.3 Å². The highest BCUT2D eigenvalue weighted by atomic mass is 19.1. The second kappa shape index (κ2) is 11.6. The first kappa shape index (κ1) is 30.3. The number of nitrogens with one attached hydrogen (secondary N) is 3. The van der Waals surface area contributed by atoms with Gasteiger partial charge in [0.1, 0.15) is 11.6 Å². The molecule has 0 saturated heterocycles. The van der Waals surface area contributed by atoms with Crippen molar-refractivity contribution in [2.24, 2.45) is 34.5 Å². The molecule has 4 aliphatic carbocycles. The molecule has 4 fully saturated rings. The SMILES string of the molecule is C[C@]12CCC(=O)C[C@@H]1CC[C@@H]1[C@@H]2CC[C@]2(C)[C@@H](OCCNCc3ccc(-c4[nH]c5cc(F)cc6c5c4CCNC6=O)cc3)CC[C@@H]12. The van der Waals surface area contributed by atoms with Crippen LogP contribution in [-0.4, -0.2) is 42.5 Å². The van der Waals surface area contributed by atoms with Gasteiger partial charge < -0.3 is 20.4 Å². The number of carbonyl (C=O) groups is 2. The number of rotatable bonds is 7. The fourth-order valence-electron chi connectivity index (χ4n) is 11.0. The predicted molar refractivity (Wildman–Crippen MR) is 178 cm³/mol. The molecule has 7 heteroatoms. The van der Waals surface area contributed by atoms with Crippen molar-refractivity contribution in [2.75, 3.05) is 19.7 Å². The summed E-state index contributed by atoms with van der Waals surface area (Å²) in [7, 11) is 0. The Bertz CT molecular complexity index is 1660. The third kappa shape index (κ3) is 4.95. The molecule has 3 N–H and O–H groups in total. The van der Waals surface area contributed by atoms with Crippen molar-refractivity contribution in [3.63, 3.8) is 0 Å². The molecule has 244 valence electrons. The molecular formula is C39H48FN3O3. The zero-order valence-electron chi connectivity index (χ0n) is 27.4. The standard InChI is InChI=1S/C39H48FN3O3/c1-38-14-11-27(44)19-25(38)7-8-28-31-9-10-34(39(31,2)15-12-32(28)38)46-18-17-41-22-23-3-5-24(6-4-23)36-29-13-16-42-37(45)30-20-26(40)21-33(43-36)35(29)30/h3-6,20-21,25,28,31-32,34,41,43H,7-19,22H2,1-2H3,(H,42,45)/t25-,28-,31-,32-,34-,38-,39-/m0/s1. The van der Waals surface area contributed by atoms with E-state index in [2.05, 4.69) is 53.7 Å². The maximum absolute atomic E-state index is 14.3. The molecule has 1 aromatic heterocycles. The summed E-state index contributed by atoms with van der Waals surface area (Å²) in [5.74, 6) is 2.84. The molecule has 6 nitrogen and oxygen atoms in total. The Balaban J connectivity index is 0.858. The minimum atomic E-state index is -0.408. The van der Waals surface area contributed by atoms with E-state index in [1.165, 1.54) is 56.2 Å². The molecule has 4 saturated carbocycles. The molecule has 2 aromatic carbocycles. The van der Waals surface area contributed by atoms with Crippen LogP contribution in [0.15, 0.2) is 36.4 Å². The number of aromatic nitrogens is 1. The Labute approximate surface area is 271 Å². The number of carbonyl (C=O) groups excluding carboxylic acids is 2. The van der Waals surface area contributed by atoms with Crippen molar-refractivity contribution in [1.82, 2.24) is 15.6 Å². The van der Waals surface area contributed by atoms with E-state index in [9.17, 15) is 14.0 Å². The van der Waals surface area contributed by atoms with Crippen LogP contribution in [0.3, 0.4) is 0 Å². The Morgan fingerprint density at radius 3 is 2.63 bits per heavy atom. The topological polar surface area (TPSA) is 83.2 Å². The predicted octanol–water partition coefficient (Wildman–Crippen LogP) is 7.35. The summed E-state index contributed by atoms with van der Waals surface area (Å²) in [4.78, 5) is 28.2. The summed E-state index contributed by atoms with van der Waals surface area (Å²) in [5, 5.41) is 7.31. The zero-order valence-corrected chi connectivity index (χ0v) is 27.4. The van der Waals surface area contributed by atoms with Crippen LogP contribution in [0, 0.1) is 40.3 Å². The number of hydrogen-bond acceptors (Lipinski definition) is 4. The number of Topliss-reactive ketones (excluding diaryl/α,β-unsaturated/α-hetero) is 1. The molecule has 5 aliphatic rings. The third-order valence-electron chi connectivity index (χ3n) is 13.4. The quantitative estimate of drug-likeness (QED) is 0.240. The highest BCUT2D eigenvalue weighted by molar-refractivity contribution is 6.10. The van der Waals surface area contributed by atoms with Crippen LogP contribution in [0.2, 0.25) is 0 Å². The van der Waals surface area contributed by atoms with Crippen LogP contribution in [0.25, 0.3) is 22.2 Å². The molecule has 1 aliphatic heterocycles. The fraction of sp³-hybridized carbons (Fsp3) is 0.590. The Hall–Kier alpha value is -3.03. The number of benzene rings is 2. The number of hydrogen-bond donors (Lipinski definition) is 3. The summed E-state index contributed by atoms with van der Waals surface area (Å²) in [6, 6.07) is 11.3. The lowest BCUT2D eigenvalue weighted by Crippen LogP contribution is -2.54. The number of ketones is 1. The summed E-state index contributed by atoms with van der Waals surface area (Å²) < 4.78 is 20.9. The number of ether oxygens (including phenoxy) is 1. The minimum Gasteiger partial charge on any atom is -0.376 e. The molecule has 7 atom stereocenters. The molecule has 0 spiro atoms. The van der Waals surface area contributed by atoms with E-state index in [1.807, 2.05) is 0 Å². The van der Waals surface area contributed by atoms with Gasteiger partial charge in [0.05, 0.1) is 18.3 Å². The molecule has 0 unspecified atom stereocenters. The largest absolute Gasteiger partial charge is 0.376 e. The molecule has 8 rings (SSSR count). The van der Waals surface area contributed by atoms with Crippen LogP contribution in [0.5, 0.6) is 0 Å². The van der Waals surface area contributed by atoms with Gasteiger partial charge in [-0.15, -0.1) is 0 Å². The maximum Gasteiger partial charge on any atom is 0.252 e. The van der Waals surface area contributed by atoms with Crippen molar-refractivity contribution in [1.29, 1.82) is 0 Å². The van der Waals surface area contributed by atoms with Gasteiger partial charge in [0.2, 0.25) is 0 Å². The molecular weight excluding hydrogens is 577 g/mol. The summed E-state index contributed by atoms with van der Waals surface area (Å²) in [6.45, 7) is 7.90. The van der Waals surface area contributed by atoms with Gasteiger partial charge in [0.15, 0.2) is 0 Å². The van der Waals surface area contributed by atoms with Crippen molar-refractivity contribution in [3.05, 3.63) is 58.9 Å². The monoisotopic (exact) mass is 625 g/mol. The highest BCUT2D eigenvalue weighted by Crippen LogP contribution is 2.66. The second-order valence-electron chi connectivity index (χ2n) is 15.6.